The highest BCUT2D eigenvalue weighted by molar-refractivity contribution is 6.31. The number of halogens is 1. The third-order valence-corrected chi connectivity index (χ3v) is 5.42. The molecule has 0 atom stereocenters. The van der Waals surface area contributed by atoms with Gasteiger partial charge >= 0.3 is 0 Å². The van der Waals surface area contributed by atoms with Gasteiger partial charge in [-0.15, -0.1) is 0 Å². The standard InChI is InChI=1S/C24H34ClN3O3/c1-5-28(6-2)13-7-12-26-16-19-14-22(30-4)23(15-21(19)25)31-17-24(29)27-20-10-8-18(3)9-11-20/h8-11,14-15,26H,5-7,12-13,16-17H2,1-4H3,(H,27,29). The van der Waals surface area contributed by atoms with E-state index in [1.54, 1.807) is 13.2 Å². The lowest BCUT2D eigenvalue weighted by Crippen LogP contribution is -2.27. The molecule has 0 aromatic heterocycles. The van der Waals surface area contributed by atoms with Gasteiger partial charge in [0, 0.05) is 23.3 Å². The van der Waals surface area contributed by atoms with Crippen molar-refractivity contribution >= 4 is 23.2 Å². The zero-order chi connectivity index (χ0) is 22.6. The fourth-order valence-electron chi connectivity index (χ4n) is 3.15. The van der Waals surface area contributed by atoms with Gasteiger partial charge in [0.1, 0.15) is 0 Å². The number of hydrogen-bond donors (Lipinski definition) is 2. The van der Waals surface area contributed by atoms with Gasteiger partial charge in [-0.1, -0.05) is 43.1 Å². The van der Waals surface area contributed by atoms with Crippen molar-refractivity contribution in [2.45, 2.75) is 33.7 Å². The van der Waals surface area contributed by atoms with Crippen LogP contribution in [0.3, 0.4) is 0 Å². The maximum atomic E-state index is 12.2. The Labute approximate surface area is 190 Å². The monoisotopic (exact) mass is 447 g/mol. The van der Waals surface area contributed by atoms with E-state index in [1.165, 1.54) is 0 Å². The van der Waals surface area contributed by atoms with E-state index in [9.17, 15) is 4.79 Å². The van der Waals surface area contributed by atoms with Crippen LogP contribution in [0.15, 0.2) is 36.4 Å². The van der Waals surface area contributed by atoms with Gasteiger partial charge in [-0.2, -0.15) is 0 Å². The molecule has 0 aliphatic rings. The molecule has 0 aliphatic carbocycles. The molecule has 7 heteroatoms. The smallest absolute Gasteiger partial charge is 0.262 e. The molecule has 2 N–H and O–H groups in total. The van der Waals surface area contributed by atoms with Gasteiger partial charge in [-0.3, -0.25) is 4.79 Å². The number of carbonyl (C=O) groups is 1. The molecule has 0 spiro atoms. The second kappa shape index (κ2) is 13.2. The quantitative estimate of drug-likeness (QED) is 0.443. The SMILES string of the molecule is CCN(CC)CCCNCc1cc(OC)c(OCC(=O)Nc2ccc(C)cc2)cc1Cl. The number of anilines is 1. The first-order valence-electron chi connectivity index (χ1n) is 10.8. The minimum atomic E-state index is -0.249. The van der Waals surface area contributed by atoms with E-state index in [4.69, 9.17) is 21.1 Å². The summed E-state index contributed by atoms with van der Waals surface area (Å²) < 4.78 is 11.1. The van der Waals surface area contributed by atoms with Crippen molar-refractivity contribution in [1.82, 2.24) is 10.2 Å². The molecular formula is C24H34ClN3O3. The lowest BCUT2D eigenvalue weighted by Gasteiger charge is -2.18. The van der Waals surface area contributed by atoms with E-state index in [0.717, 1.165) is 49.4 Å². The molecule has 170 valence electrons. The van der Waals surface area contributed by atoms with Gasteiger partial charge < -0.3 is 25.0 Å². The Kier molecular flexibility index (Phi) is 10.6. The zero-order valence-electron chi connectivity index (χ0n) is 19.0. The zero-order valence-corrected chi connectivity index (χ0v) is 19.7. The molecule has 6 nitrogen and oxygen atoms in total. The molecule has 0 aliphatic heterocycles. The van der Waals surface area contributed by atoms with Gasteiger partial charge in [-0.05, 0) is 63.3 Å². The van der Waals surface area contributed by atoms with Crippen LogP contribution in [0.4, 0.5) is 5.69 Å². The number of benzene rings is 2. The van der Waals surface area contributed by atoms with Gasteiger partial charge in [0.15, 0.2) is 18.1 Å². The van der Waals surface area contributed by atoms with E-state index in [-0.39, 0.29) is 12.5 Å². The number of hydrogen-bond acceptors (Lipinski definition) is 5. The lowest BCUT2D eigenvalue weighted by atomic mass is 10.2. The van der Waals surface area contributed by atoms with Crippen LogP contribution < -0.4 is 20.1 Å². The first-order chi connectivity index (χ1) is 15.0. The van der Waals surface area contributed by atoms with Crippen molar-refractivity contribution in [3.8, 4) is 11.5 Å². The average Bonchev–Trinajstić information content (AvgIpc) is 2.77. The highest BCUT2D eigenvalue weighted by atomic mass is 35.5. The highest BCUT2D eigenvalue weighted by Crippen LogP contribution is 2.33. The largest absolute Gasteiger partial charge is 0.493 e. The second-order valence-electron chi connectivity index (χ2n) is 7.35. The van der Waals surface area contributed by atoms with E-state index in [1.807, 2.05) is 37.3 Å². The first kappa shape index (κ1) is 25.0. The third kappa shape index (κ3) is 8.40. The highest BCUT2D eigenvalue weighted by Gasteiger charge is 2.12. The first-order valence-corrected chi connectivity index (χ1v) is 11.1. The molecule has 2 aromatic rings. The number of carbonyl (C=O) groups excluding carboxylic acids is 1. The average molecular weight is 448 g/mol. The summed E-state index contributed by atoms with van der Waals surface area (Å²) in [5.41, 5.74) is 2.79. The summed E-state index contributed by atoms with van der Waals surface area (Å²) in [5.74, 6) is 0.741. The van der Waals surface area contributed by atoms with Gasteiger partial charge in [0.25, 0.3) is 5.91 Å². The lowest BCUT2D eigenvalue weighted by molar-refractivity contribution is -0.118. The van der Waals surface area contributed by atoms with Crippen molar-refractivity contribution in [3.63, 3.8) is 0 Å². The number of nitrogens with one attached hydrogen (secondary N) is 2. The molecular weight excluding hydrogens is 414 g/mol. The normalized spacial score (nSPS) is 10.9. The second-order valence-corrected chi connectivity index (χ2v) is 7.76. The maximum Gasteiger partial charge on any atom is 0.262 e. The summed E-state index contributed by atoms with van der Waals surface area (Å²) in [6.07, 6.45) is 1.08. The molecule has 31 heavy (non-hydrogen) atoms. The minimum Gasteiger partial charge on any atom is -0.493 e. The third-order valence-electron chi connectivity index (χ3n) is 5.06. The molecule has 1 amide bonds. The van der Waals surface area contributed by atoms with E-state index < -0.39 is 0 Å². The van der Waals surface area contributed by atoms with Crippen molar-refractivity contribution in [1.29, 1.82) is 0 Å². The van der Waals surface area contributed by atoms with Crippen LogP contribution in [0.5, 0.6) is 11.5 Å². The Balaban J connectivity index is 1.86. The Morgan fingerprint density at radius 2 is 1.81 bits per heavy atom. The van der Waals surface area contributed by atoms with E-state index in [2.05, 4.69) is 29.4 Å². The van der Waals surface area contributed by atoms with Crippen LogP contribution in [0.2, 0.25) is 5.02 Å². The summed E-state index contributed by atoms with van der Waals surface area (Å²) in [6, 6.07) is 11.1. The number of ether oxygens (including phenoxy) is 2. The maximum absolute atomic E-state index is 12.2. The number of aryl methyl sites for hydroxylation is 1. The summed E-state index contributed by atoms with van der Waals surface area (Å²) in [7, 11) is 1.57. The number of rotatable bonds is 13. The van der Waals surface area contributed by atoms with Crippen LogP contribution in [0.1, 0.15) is 31.4 Å². The Bertz CT molecular complexity index is 824. The predicted molar refractivity (Wildman–Crippen MR) is 127 cm³/mol. The molecule has 0 heterocycles. The topological polar surface area (TPSA) is 62.8 Å². The Morgan fingerprint density at radius 1 is 1.10 bits per heavy atom. The van der Waals surface area contributed by atoms with E-state index >= 15 is 0 Å². The van der Waals surface area contributed by atoms with Crippen molar-refractivity contribution in [3.05, 3.63) is 52.5 Å². The molecule has 2 rings (SSSR count). The fourth-order valence-corrected chi connectivity index (χ4v) is 3.37. The molecule has 0 radical (unpaired) electrons. The summed E-state index contributed by atoms with van der Waals surface area (Å²) in [5, 5.41) is 6.81. The molecule has 0 fully saturated rings. The van der Waals surface area contributed by atoms with Crippen LogP contribution in [-0.2, 0) is 11.3 Å². The van der Waals surface area contributed by atoms with Crippen LogP contribution >= 0.6 is 11.6 Å². The van der Waals surface area contributed by atoms with Crippen LogP contribution in [-0.4, -0.2) is 50.7 Å². The molecule has 0 unspecified atom stereocenters. The summed E-state index contributed by atoms with van der Waals surface area (Å²) >= 11 is 6.44. The fraction of sp³-hybridized carbons (Fsp3) is 0.458. The Morgan fingerprint density at radius 3 is 2.45 bits per heavy atom. The number of methoxy groups -OCH3 is 1. The number of amides is 1. The van der Waals surface area contributed by atoms with E-state index in [0.29, 0.717) is 23.1 Å². The molecule has 0 saturated carbocycles. The van der Waals surface area contributed by atoms with Gasteiger partial charge in [0.2, 0.25) is 0 Å². The molecule has 0 bridgehead atoms. The van der Waals surface area contributed by atoms with Gasteiger partial charge in [0.05, 0.1) is 7.11 Å². The summed E-state index contributed by atoms with van der Waals surface area (Å²) in [6.45, 7) is 11.0. The van der Waals surface area contributed by atoms with Crippen molar-refractivity contribution in [2.75, 3.05) is 45.2 Å². The molecule has 0 saturated heterocycles. The van der Waals surface area contributed by atoms with Crippen molar-refractivity contribution < 1.29 is 14.3 Å². The summed E-state index contributed by atoms with van der Waals surface area (Å²) in [4.78, 5) is 14.6. The molecule has 2 aromatic carbocycles. The van der Waals surface area contributed by atoms with Crippen molar-refractivity contribution in [2.24, 2.45) is 0 Å². The van der Waals surface area contributed by atoms with Crippen LogP contribution in [0, 0.1) is 6.92 Å². The van der Waals surface area contributed by atoms with Gasteiger partial charge in [-0.25, -0.2) is 0 Å². The Hall–Kier alpha value is -2.28. The van der Waals surface area contributed by atoms with Crippen LogP contribution in [0.25, 0.3) is 0 Å². The predicted octanol–water partition coefficient (Wildman–Crippen LogP) is 4.50. The minimum absolute atomic E-state index is 0.135. The number of nitrogens with zero attached hydrogens (tertiary/aromatic N) is 1.